The average molecular weight is 576 g/mol. The molecule has 1 N–H and O–H groups in total. The first-order chi connectivity index (χ1) is 18.6. The third-order valence-electron chi connectivity index (χ3n) is 6.00. The lowest BCUT2D eigenvalue weighted by molar-refractivity contribution is -0.139. The van der Waals surface area contributed by atoms with Gasteiger partial charge in [-0.2, -0.15) is 0 Å². The van der Waals surface area contributed by atoms with Gasteiger partial charge in [0.15, 0.2) is 0 Å². The van der Waals surface area contributed by atoms with E-state index in [0.717, 1.165) is 16.4 Å². The molecule has 11 heteroatoms. The van der Waals surface area contributed by atoms with Crippen molar-refractivity contribution in [2.75, 3.05) is 24.5 Å². The second-order valence-electron chi connectivity index (χ2n) is 8.78. The van der Waals surface area contributed by atoms with Crippen molar-refractivity contribution in [3.63, 3.8) is 0 Å². The molecule has 0 aliphatic heterocycles. The number of methoxy groups -OCH3 is 1. The van der Waals surface area contributed by atoms with Gasteiger partial charge in [0.2, 0.25) is 11.8 Å². The predicted molar refractivity (Wildman–Crippen MR) is 149 cm³/mol. The SMILES string of the molecule is CCCNC(=O)C(C)N(Cc1cccc(Cl)c1)C(=O)CN(c1ccc(F)cc1)S(=O)(=O)c1ccc(OC)cc1. The molecule has 1 unspecified atom stereocenters. The minimum absolute atomic E-state index is 0.0138. The number of rotatable bonds is 12. The number of nitrogens with zero attached hydrogens (tertiary/aromatic N) is 2. The van der Waals surface area contributed by atoms with Crippen molar-refractivity contribution in [3.05, 3.63) is 89.2 Å². The predicted octanol–water partition coefficient (Wildman–Crippen LogP) is 4.63. The van der Waals surface area contributed by atoms with E-state index in [1.54, 1.807) is 31.2 Å². The van der Waals surface area contributed by atoms with Gasteiger partial charge in [0, 0.05) is 18.1 Å². The Hall–Kier alpha value is -3.63. The summed E-state index contributed by atoms with van der Waals surface area (Å²) < 4.78 is 47.2. The van der Waals surface area contributed by atoms with Crippen molar-refractivity contribution in [2.45, 2.75) is 37.8 Å². The molecule has 0 aliphatic rings. The van der Waals surface area contributed by atoms with Crippen LogP contribution in [-0.4, -0.2) is 51.4 Å². The van der Waals surface area contributed by atoms with Crippen molar-refractivity contribution < 1.29 is 27.1 Å². The van der Waals surface area contributed by atoms with Gasteiger partial charge >= 0.3 is 0 Å². The summed E-state index contributed by atoms with van der Waals surface area (Å²) in [5, 5.41) is 3.23. The van der Waals surface area contributed by atoms with Crippen LogP contribution >= 0.6 is 11.6 Å². The van der Waals surface area contributed by atoms with Gasteiger partial charge in [0.25, 0.3) is 10.0 Å². The molecule has 39 heavy (non-hydrogen) atoms. The Balaban J connectivity index is 2.01. The van der Waals surface area contributed by atoms with Crippen LogP contribution < -0.4 is 14.4 Å². The Morgan fingerprint density at radius 3 is 2.31 bits per heavy atom. The first-order valence-electron chi connectivity index (χ1n) is 12.3. The summed E-state index contributed by atoms with van der Waals surface area (Å²) in [4.78, 5) is 27.9. The van der Waals surface area contributed by atoms with Crippen LogP contribution in [0.15, 0.2) is 77.7 Å². The van der Waals surface area contributed by atoms with E-state index >= 15 is 0 Å². The molecule has 2 amide bonds. The van der Waals surface area contributed by atoms with Gasteiger partial charge in [-0.1, -0.05) is 30.7 Å². The minimum atomic E-state index is -4.27. The van der Waals surface area contributed by atoms with E-state index < -0.39 is 34.3 Å². The van der Waals surface area contributed by atoms with Gasteiger partial charge in [0.05, 0.1) is 17.7 Å². The summed E-state index contributed by atoms with van der Waals surface area (Å²) >= 11 is 6.14. The van der Waals surface area contributed by atoms with Crippen LogP contribution in [0.5, 0.6) is 5.75 Å². The monoisotopic (exact) mass is 575 g/mol. The fourth-order valence-corrected chi connectivity index (χ4v) is 5.45. The van der Waals surface area contributed by atoms with Crippen LogP contribution in [-0.2, 0) is 26.2 Å². The van der Waals surface area contributed by atoms with E-state index in [0.29, 0.717) is 29.3 Å². The normalized spacial score (nSPS) is 11.9. The number of carbonyl (C=O) groups is 2. The Morgan fingerprint density at radius 2 is 1.72 bits per heavy atom. The van der Waals surface area contributed by atoms with Crippen LogP contribution in [0.25, 0.3) is 0 Å². The van der Waals surface area contributed by atoms with Gasteiger partial charge in [-0.15, -0.1) is 0 Å². The number of hydrogen-bond acceptors (Lipinski definition) is 5. The van der Waals surface area contributed by atoms with Gasteiger partial charge in [0.1, 0.15) is 24.2 Å². The Kier molecular flexibility index (Phi) is 10.3. The lowest BCUT2D eigenvalue weighted by atomic mass is 10.1. The van der Waals surface area contributed by atoms with Gasteiger partial charge in [-0.05, 0) is 79.6 Å². The molecule has 208 valence electrons. The first kappa shape index (κ1) is 29.9. The number of benzene rings is 3. The van der Waals surface area contributed by atoms with E-state index in [4.69, 9.17) is 16.3 Å². The van der Waals surface area contributed by atoms with Gasteiger partial charge < -0.3 is 15.0 Å². The van der Waals surface area contributed by atoms with E-state index in [2.05, 4.69) is 5.32 Å². The van der Waals surface area contributed by atoms with E-state index in [-0.39, 0.29) is 23.0 Å². The molecule has 0 spiro atoms. The largest absolute Gasteiger partial charge is 0.497 e. The van der Waals surface area contributed by atoms with Gasteiger partial charge in [-0.25, -0.2) is 12.8 Å². The summed E-state index contributed by atoms with van der Waals surface area (Å²) in [5.74, 6) is -1.11. The topological polar surface area (TPSA) is 96.0 Å². The number of ether oxygens (including phenoxy) is 1. The molecule has 0 heterocycles. The van der Waals surface area contributed by atoms with Crippen LogP contribution in [0.2, 0.25) is 5.02 Å². The van der Waals surface area contributed by atoms with Crippen LogP contribution in [0.1, 0.15) is 25.8 Å². The van der Waals surface area contributed by atoms with Crippen molar-refractivity contribution in [2.24, 2.45) is 0 Å². The molecule has 3 aromatic rings. The highest BCUT2D eigenvalue weighted by molar-refractivity contribution is 7.92. The molecular formula is C28H31ClFN3O5S. The zero-order valence-corrected chi connectivity index (χ0v) is 23.5. The van der Waals surface area contributed by atoms with Crippen molar-refractivity contribution in [1.82, 2.24) is 10.2 Å². The summed E-state index contributed by atoms with van der Waals surface area (Å²) in [7, 11) is -2.82. The third-order valence-corrected chi connectivity index (χ3v) is 8.02. The lowest BCUT2D eigenvalue weighted by Gasteiger charge is -2.32. The molecule has 0 saturated heterocycles. The van der Waals surface area contributed by atoms with Crippen LogP contribution in [0, 0.1) is 5.82 Å². The van der Waals surface area contributed by atoms with E-state index in [1.165, 1.54) is 48.4 Å². The summed E-state index contributed by atoms with van der Waals surface area (Å²) in [6.07, 6.45) is 0.707. The molecular weight excluding hydrogens is 545 g/mol. The van der Waals surface area contributed by atoms with E-state index in [1.807, 2.05) is 6.92 Å². The number of halogens is 2. The number of anilines is 1. The number of nitrogens with one attached hydrogen (secondary N) is 1. The fraction of sp³-hybridized carbons (Fsp3) is 0.286. The van der Waals surface area contributed by atoms with Crippen molar-refractivity contribution in [1.29, 1.82) is 0 Å². The standard InChI is InChI=1S/C28H31ClFN3O5S/c1-4-16-31-28(35)20(2)32(18-21-6-5-7-22(29)17-21)27(34)19-33(24-10-8-23(30)9-11-24)39(36,37)26-14-12-25(38-3)13-15-26/h5-15,17,20H,4,16,18-19H2,1-3H3,(H,31,35). The molecule has 0 aromatic heterocycles. The quantitative estimate of drug-likeness (QED) is 0.340. The number of hydrogen-bond donors (Lipinski definition) is 1. The van der Waals surface area contributed by atoms with Crippen LogP contribution in [0.4, 0.5) is 10.1 Å². The molecule has 8 nitrogen and oxygen atoms in total. The highest BCUT2D eigenvalue weighted by Crippen LogP contribution is 2.26. The lowest BCUT2D eigenvalue weighted by Crippen LogP contribution is -2.51. The van der Waals surface area contributed by atoms with Gasteiger partial charge in [-0.3, -0.25) is 13.9 Å². The Bertz CT molecular complexity index is 1390. The molecule has 1 atom stereocenters. The second-order valence-corrected chi connectivity index (χ2v) is 11.1. The number of amides is 2. The van der Waals surface area contributed by atoms with Crippen molar-refractivity contribution >= 4 is 39.1 Å². The average Bonchev–Trinajstić information content (AvgIpc) is 2.93. The molecule has 3 rings (SSSR count). The maximum absolute atomic E-state index is 13.8. The zero-order valence-electron chi connectivity index (χ0n) is 21.9. The maximum atomic E-state index is 13.8. The Labute approximate surface area is 233 Å². The summed E-state index contributed by atoms with van der Waals surface area (Å²) in [6, 6.07) is 16.4. The van der Waals surface area contributed by atoms with E-state index in [9.17, 15) is 22.4 Å². The fourth-order valence-electron chi connectivity index (χ4n) is 3.82. The zero-order chi connectivity index (χ0) is 28.6. The molecule has 0 fully saturated rings. The molecule has 0 radical (unpaired) electrons. The summed E-state index contributed by atoms with van der Waals surface area (Å²) in [5.41, 5.74) is 0.753. The Morgan fingerprint density at radius 1 is 1.05 bits per heavy atom. The highest BCUT2D eigenvalue weighted by atomic mass is 35.5. The maximum Gasteiger partial charge on any atom is 0.264 e. The second kappa shape index (κ2) is 13.4. The molecule has 0 aliphatic carbocycles. The number of sulfonamides is 1. The first-order valence-corrected chi connectivity index (χ1v) is 14.1. The molecule has 0 bridgehead atoms. The third kappa shape index (κ3) is 7.70. The highest BCUT2D eigenvalue weighted by Gasteiger charge is 2.32. The summed E-state index contributed by atoms with van der Waals surface area (Å²) in [6.45, 7) is 3.29. The number of carbonyl (C=O) groups excluding carboxylic acids is 2. The molecule has 0 saturated carbocycles. The van der Waals surface area contributed by atoms with Crippen molar-refractivity contribution in [3.8, 4) is 5.75 Å². The smallest absolute Gasteiger partial charge is 0.264 e. The molecule has 3 aromatic carbocycles. The minimum Gasteiger partial charge on any atom is -0.497 e. The van der Waals surface area contributed by atoms with Crippen LogP contribution in [0.3, 0.4) is 0 Å².